The van der Waals surface area contributed by atoms with E-state index in [0.717, 1.165) is 38.9 Å². The van der Waals surface area contributed by atoms with Crippen LogP contribution >= 0.6 is 0 Å². The van der Waals surface area contributed by atoms with Gasteiger partial charge in [-0.25, -0.2) is 0 Å². The molecule has 0 unspecified atom stereocenters. The standard InChI is InChI=1S/C24H22N2O2/c1-16-7-11-18(12-8-16)21(15-26(27)28)23-20-5-3-4-6-22(20)25-24(23)19-13-9-17(2)10-14-19/h3-14,21,25H,15H2,1-2H3/t21-/m1/s1. The van der Waals surface area contributed by atoms with Crippen LogP contribution < -0.4 is 0 Å². The molecule has 28 heavy (non-hydrogen) atoms. The van der Waals surface area contributed by atoms with Crippen LogP contribution in [-0.2, 0) is 0 Å². The molecule has 0 aliphatic heterocycles. The molecule has 0 fully saturated rings. The van der Waals surface area contributed by atoms with Crippen LogP contribution in [0.4, 0.5) is 0 Å². The van der Waals surface area contributed by atoms with E-state index in [1.807, 2.05) is 55.5 Å². The minimum absolute atomic E-state index is 0.149. The Bertz CT molecular complexity index is 1130. The smallest absolute Gasteiger partial charge is 0.214 e. The first kappa shape index (κ1) is 18.0. The molecular weight excluding hydrogens is 348 g/mol. The fourth-order valence-corrected chi connectivity index (χ4v) is 3.78. The van der Waals surface area contributed by atoms with Crippen molar-refractivity contribution in [1.29, 1.82) is 0 Å². The van der Waals surface area contributed by atoms with Gasteiger partial charge in [0, 0.05) is 15.8 Å². The molecule has 0 spiro atoms. The average Bonchev–Trinajstić information content (AvgIpc) is 3.06. The monoisotopic (exact) mass is 370 g/mol. The number of benzene rings is 3. The molecule has 0 bridgehead atoms. The van der Waals surface area contributed by atoms with Crippen LogP contribution in [-0.4, -0.2) is 16.5 Å². The highest BCUT2D eigenvalue weighted by Gasteiger charge is 2.27. The van der Waals surface area contributed by atoms with E-state index >= 15 is 0 Å². The molecule has 0 aliphatic rings. The summed E-state index contributed by atoms with van der Waals surface area (Å²) in [5.74, 6) is -0.331. The number of hydrogen-bond donors (Lipinski definition) is 1. The number of aromatic amines is 1. The minimum Gasteiger partial charge on any atom is -0.354 e. The van der Waals surface area contributed by atoms with E-state index in [9.17, 15) is 10.1 Å². The van der Waals surface area contributed by atoms with Crippen LogP contribution in [0.1, 0.15) is 28.2 Å². The van der Waals surface area contributed by atoms with Crippen LogP contribution in [0.25, 0.3) is 22.2 Å². The zero-order chi connectivity index (χ0) is 19.7. The van der Waals surface area contributed by atoms with Gasteiger partial charge in [0.25, 0.3) is 0 Å². The van der Waals surface area contributed by atoms with E-state index in [4.69, 9.17) is 0 Å². The summed E-state index contributed by atoms with van der Waals surface area (Å²) in [4.78, 5) is 14.9. The van der Waals surface area contributed by atoms with Crippen molar-refractivity contribution < 1.29 is 4.92 Å². The first-order valence-electron chi connectivity index (χ1n) is 9.39. The van der Waals surface area contributed by atoms with Crippen LogP contribution in [0.3, 0.4) is 0 Å². The van der Waals surface area contributed by atoms with Gasteiger partial charge in [0.05, 0.1) is 11.6 Å². The lowest BCUT2D eigenvalue weighted by atomic mass is 9.87. The normalized spacial score (nSPS) is 12.2. The topological polar surface area (TPSA) is 58.9 Å². The molecule has 140 valence electrons. The van der Waals surface area contributed by atoms with Crippen LogP contribution in [0, 0.1) is 24.0 Å². The first-order chi connectivity index (χ1) is 13.5. The average molecular weight is 370 g/mol. The number of nitrogens with one attached hydrogen (secondary N) is 1. The van der Waals surface area contributed by atoms with E-state index < -0.39 is 0 Å². The zero-order valence-corrected chi connectivity index (χ0v) is 16.0. The molecule has 0 saturated heterocycles. The second-order valence-corrected chi connectivity index (χ2v) is 7.30. The maximum atomic E-state index is 11.6. The van der Waals surface area contributed by atoms with Crippen molar-refractivity contribution in [3.63, 3.8) is 0 Å². The third-order valence-corrected chi connectivity index (χ3v) is 5.25. The molecule has 4 aromatic rings. The van der Waals surface area contributed by atoms with Crippen molar-refractivity contribution in [1.82, 2.24) is 4.98 Å². The molecule has 3 aromatic carbocycles. The fourth-order valence-electron chi connectivity index (χ4n) is 3.78. The maximum Gasteiger partial charge on any atom is 0.214 e. The number of aryl methyl sites for hydroxylation is 2. The molecule has 1 heterocycles. The molecule has 0 aliphatic carbocycles. The number of H-pyrrole nitrogens is 1. The van der Waals surface area contributed by atoms with Gasteiger partial charge in [0.1, 0.15) is 0 Å². The van der Waals surface area contributed by atoms with Gasteiger partial charge in [-0.15, -0.1) is 0 Å². The Hall–Kier alpha value is -3.40. The summed E-state index contributed by atoms with van der Waals surface area (Å²) in [6.07, 6.45) is 0. The lowest BCUT2D eigenvalue weighted by Crippen LogP contribution is -2.14. The number of aromatic nitrogens is 1. The van der Waals surface area contributed by atoms with E-state index in [1.165, 1.54) is 5.56 Å². The van der Waals surface area contributed by atoms with Gasteiger partial charge in [-0.2, -0.15) is 0 Å². The van der Waals surface area contributed by atoms with E-state index in [0.29, 0.717) is 0 Å². The van der Waals surface area contributed by atoms with Crippen LogP contribution in [0.15, 0.2) is 72.8 Å². The number of nitrogens with zero attached hydrogens (tertiary/aromatic N) is 1. The maximum absolute atomic E-state index is 11.6. The quantitative estimate of drug-likeness (QED) is 0.353. The molecule has 0 saturated carbocycles. The molecule has 4 nitrogen and oxygen atoms in total. The van der Waals surface area contributed by atoms with Crippen molar-refractivity contribution in [3.05, 3.63) is 105 Å². The fraction of sp³-hybridized carbons (Fsp3) is 0.167. The number of hydrogen-bond acceptors (Lipinski definition) is 2. The molecule has 1 aromatic heterocycles. The highest BCUT2D eigenvalue weighted by molar-refractivity contribution is 5.92. The van der Waals surface area contributed by atoms with Crippen molar-refractivity contribution in [2.45, 2.75) is 19.8 Å². The summed E-state index contributed by atoms with van der Waals surface area (Å²) in [6, 6.07) is 24.4. The van der Waals surface area contributed by atoms with E-state index in [-0.39, 0.29) is 17.4 Å². The Morgan fingerprint density at radius 2 is 1.50 bits per heavy atom. The highest BCUT2D eigenvalue weighted by Crippen LogP contribution is 2.39. The van der Waals surface area contributed by atoms with E-state index in [1.54, 1.807) is 0 Å². The summed E-state index contributed by atoms with van der Waals surface area (Å²) in [7, 11) is 0. The molecule has 1 atom stereocenters. The third kappa shape index (κ3) is 3.41. The van der Waals surface area contributed by atoms with Gasteiger partial charge in [-0.1, -0.05) is 77.9 Å². The number of para-hydroxylation sites is 1. The molecule has 0 amide bonds. The van der Waals surface area contributed by atoms with Gasteiger partial charge in [-0.05, 0) is 36.6 Å². The second kappa shape index (κ2) is 7.31. The van der Waals surface area contributed by atoms with Gasteiger partial charge in [0.2, 0.25) is 6.54 Å². The van der Waals surface area contributed by atoms with Gasteiger partial charge < -0.3 is 4.98 Å². The minimum atomic E-state index is -0.331. The van der Waals surface area contributed by atoms with E-state index in [2.05, 4.69) is 36.2 Å². The second-order valence-electron chi connectivity index (χ2n) is 7.30. The summed E-state index contributed by atoms with van der Waals surface area (Å²) >= 11 is 0. The SMILES string of the molecule is Cc1ccc(-c2[nH]c3ccccc3c2[C@H](C[N+](=O)[O-])c2ccc(C)cc2)cc1. The highest BCUT2D eigenvalue weighted by atomic mass is 16.6. The first-order valence-corrected chi connectivity index (χ1v) is 9.39. The Morgan fingerprint density at radius 3 is 2.14 bits per heavy atom. The molecular formula is C24H22N2O2. The third-order valence-electron chi connectivity index (χ3n) is 5.25. The molecule has 4 rings (SSSR count). The van der Waals surface area contributed by atoms with Crippen molar-refractivity contribution in [2.75, 3.05) is 6.54 Å². The summed E-state index contributed by atoms with van der Waals surface area (Å²) < 4.78 is 0. The Kier molecular flexibility index (Phi) is 4.70. The Morgan fingerprint density at radius 1 is 0.893 bits per heavy atom. The van der Waals surface area contributed by atoms with Gasteiger partial charge >= 0.3 is 0 Å². The largest absolute Gasteiger partial charge is 0.354 e. The lowest BCUT2D eigenvalue weighted by Gasteiger charge is -2.16. The molecule has 1 N–H and O–H groups in total. The lowest BCUT2D eigenvalue weighted by molar-refractivity contribution is -0.481. The summed E-state index contributed by atoms with van der Waals surface area (Å²) in [5, 5.41) is 12.6. The van der Waals surface area contributed by atoms with Gasteiger partial charge in [-0.3, -0.25) is 10.1 Å². The van der Waals surface area contributed by atoms with Crippen molar-refractivity contribution in [3.8, 4) is 11.3 Å². The Labute approximate surface area is 164 Å². The number of nitro groups is 1. The van der Waals surface area contributed by atoms with Crippen molar-refractivity contribution >= 4 is 10.9 Å². The Balaban J connectivity index is 1.97. The molecule has 0 radical (unpaired) electrons. The summed E-state index contributed by atoms with van der Waals surface area (Å²) in [5.41, 5.74) is 7.25. The number of rotatable bonds is 5. The predicted molar refractivity (Wildman–Crippen MR) is 113 cm³/mol. The van der Waals surface area contributed by atoms with Crippen LogP contribution in [0.5, 0.6) is 0 Å². The molecule has 4 heteroatoms. The summed E-state index contributed by atoms with van der Waals surface area (Å²) in [6.45, 7) is 3.93. The predicted octanol–water partition coefficient (Wildman–Crippen LogP) is 5.86. The number of fused-ring (bicyclic) bond motifs is 1. The van der Waals surface area contributed by atoms with Crippen LogP contribution in [0.2, 0.25) is 0 Å². The van der Waals surface area contributed by atoms with Crippen molar-refractivity contribution in [2.24, 2.45) is 0 Å². The van der Waals surface area contributed by atoms with Gasteiger partial charge in [0.15, 0.2) is 0 Å². The zero-order valence-electron chi connectivity index (χ0n) is 16.0.